The van der Waals surface area contributed by atoms with Gasteiger partial charge in [-0.15, -0.1) is 0 Å². The third-order valence-corrected chi connectivity index (χ3v) is 2.87. The number of hydrogen-bond acceptors (Lipinski definition) is 3. The van der Waals surface area contributed by atoms with Gasteiger partial charge in [-0.1, -0.05) is 0 Å². The summed E-state index contributed by atoms with van der Waals surface area (Å²) >= 11 is 0. The molecule has 6 heteroatoms. The summed E-state index contributed by atoms with van der Waals surface area (Å²) < 4.78 is 42.3. The number of nitrogens with zero attached hydrogens (tertiary/aromatic N) is 1. The number of rotatable bonds is 6. The van der Waals surface area contributed by atoms with Crippen LogP contribution in [-0.4, -0.2) is 43.1 Å². The van der Waals surface area contributed by atoms with Crippen molar-refractivity contribution in [1.82, 2.24) is 4.90 Å². The molecule has 1 rings (SSSR count). The summed E-state index contributed by atoms with van der Waals surface area (Å²) in [5.74, 6) is 0.253. The summed E-state index contributed by atoms with van der Waals surface area (Å²) in [5, 5.41) is 0. The van der Waals surface area contributed by atoms with Gasteiger partial charge in [0.25, 0.3) is 0 Å². The molecule has 1 aromatic carbocycles. The van der Waals surface area contributed by atoms with Gasteiger partial charge in [0.15, 0.2) is 5.78 Å². The van der Waals surface area contributed by atoms with Crippen LogP contribution in [0.5, 0.6) is 5.75 Å². The Kier molecular flexibility index (Phi) is 5.56. The Labute approximate surface area is 116 Å². The molecule has 112 valence electrons. The Bertz CT molecular complexity index is 441. The van der Waals surface area contributed by atoms with Crippen molar-refractivity contribution >= 4 is 5.78 Å². The first kappa shape index (κ1) is 16.5. The highest BCUT2D eigenvalue weighted by molar-refractivity contribution is 5.97. The number of alkyl halides is 3. The molecule has 0 heterocycles. The van der Waals surface area contributed by atoms with E-state index < -0.39 is 12.7 Å². The minimum atomic E-state index is -4.32. The molecule has 0 aliphatic heterocycles. The van der Waals surface area contributed by atoms with E-state index in [2.05, 4.69) is 0 Å². The highest BCUT2D eigenvalue weighted by Gasteiger charge is 2.32. The van der Waals surface area contributed by atoms with E-state index >= 15 is 0 Å². The zero-order valence-corrected chi connectivity index (χ0v) is 11.7. The van der Waals surface area contributed by atoms with Crippen molar-refractivity contribution < 1.29 is 22.7 Å². The molecule has 1 aromatic rings. The van der Waals surface area contributed by atoms with E-state index in [1.165, 1.54) is 7.11 Å². The van der Waals surface area contributed by atoms with Gasteiger partial charge in [0.2, 0.25) is 0 Å². The SMILES string of the molecule is COc1ccc(C(=O)CN(CC(F)(F)F)C(C)C)cc1. The van der Waals surface area contributed by atoms with Crippen LogP contribution in [0.25, 0.3) is 0 Å². The van der Waals surface area contributed by atoms with Gasteiger partial charge in [-0.3, -0.25) is 9.69 Å². The van der Waals surface area contributed by atoms with Crippen LogP contribution in [0.15, 0.2) is 24.3 Å². The van der Waals surface area contributed by atoms with Crippen LogP contribution in [0.3, 0.4) is 0 Å². The van der Waals surface area contributed by atoms with Crippen molar-refractivity contribution in [1.29, 1.82) is 0 Å². The number of ether oxygens (including phenoxy) is 1. The molecule has 0 aliphatic rings. The molecule has 20 heavy (non-hydrogen) atoms. The Morgan fingerprint density at radius 3 is 2.20 bits per heavy atom. The van der Waals surface area contributed by atoms with Crippen LogP contribution in [0.4, 0.5) is 13.2 Å². The molecule has 0 saturated heterocycles. The van der Waals surface area contributed by atoms with Crippen LogP contribution in [0.1, 0.15) is 24.2 Å². The minimum Gasteiger partial charge on any atom is -0.497 e. The number of Topliss-reactive ketones (excluding diaryl/α,β-unsaturated/α-hetero) is 1. The molecule has 0 atom stereocenters. The van der Waals surface area contributed by atoms with Crippen molar-refractivity contribution in [2.24, 2.45) is 0 Å². The lowest BCUT2D eigenvalue weighted by atomic mass is 10.1. The normalized spacial score (nSPS) is 12.0. The smallest absolute Gasteiger partial charge is 0.401 e. The highest BCUT2D eigenvalue weighted by atomic mass is 19.4. The second-order valence-corrected chi connectivity index (χ2v) is 4.77. The summed E-state index contributed by atoms with van der Waals surface area (Å²) in [6.07, 6.45) is -4.32. The Balaban J connectivity index is 2.74. The molecule has 0 fully saturated rings. The van der Waals surface area contributed by atoms with Gasteiger partial charge in [0.1, 0.15) is 5.75 Å². The number of carbonyl (C=O) groups is 1. The molecule has 0 radical (unpaired) electrons. The summed E-state index contributed by atoms with van der Waals surface area (Å²) in [6.45, 7) is 1.91. The molecule has 0 bridgehead atoms. The number of halogens is 3. The molecular formula is C14H18F3NO2. The lowest BCUT2D eigenvalue weighted by molar-refractivity contribution is -0.148. The molecule has 3 nitrogen and oxygen atoms in total. The maximum atomic E-state index is 12.4. The van der Waals surface area contributed by atoms with Crippen LogP contribution in [0, 0.1) is 0 Å². The molecule has 0 aromatic heterocycles. The summed E-state index contributed by atoms with van der Waals surface area (Å²) in [7, 11) is 1.50. The monoisotopic (exact) mass is 289 g/mol. The van der Waals surface area contributed by atoms with Crippen LogP contribution < -0.4 is 4.74 Å². The van der Waals surface area contributed by atoms with Gasteiger partial charge in [0, 0.05) is 11.6 Å². The topological polar surface area (TPSA) is 29.5 Å². The van der Waals surface area contributed by atoms with Gasteiger partial charge < -0.3 is 4.74 Å². The molecule has 0 spiro atoms. The summed E-state index contributed by atoms with van der Waals surface area (Å²) in [5.41, 5.74) is 0.374. The standard InChI is InChI=1S/C14H18F3NO2/c1-10(2)18(9-14(15,16)17)8-13(19)11-4-6-12(20-3)7-5-11/h4-7,10H,8-9H2,1-3H3. The van der Waals surface area contributed by atoms with Gasteiger partial charge in [-0.2, -0.15) is 13.2 Å². The Morgan fingerprint density at radius 2 is 1.80 bits per heavy atom. The molecule has 0 aliphatic carbocycles. The first-order valence-electron chi connectivity index (χ1n) is 6.21. The largest absolute Gasteiger partial charge is 0.497 e. The van der Waals surface area contributed by atoms with E-state index in [9.17, 15) is 18.0 Å². The van der Waals surface area contributed by atoms with Gasteiger partial charge in [-0.25, -0.2) is 0 Å². The third kappa shape index (κ3) is 5.21. The quantitative estimate of drug-likeness (QED) is 0.753. The number of carbonyl (C=O) groups excluding carboxylic acids is 1. The first-order valence-corrected chi connectivity index (χ1v) is 6.21. The van der Waals surface area contributed by atoms with E-state index in [-0.39, 0.29) is 18.4 Å². The maximum absolute atomic E-state index is 12.4. The van der Waals surface area contributed by atoms with Gasteiger partial charge >= 0.3 is 6.18 Å². The first-order chi connectivity index (χ1) is 9.23. The van der Waals surface area contributed by atoms with Crippen molar-refractivity contribution in [3.05, 3.63) is 29.8 Å². The van der Waals surface area contributed by atoms with E-state index in [1.807, 2.05) is 0 Å². The van der Waals surface area contributed by atoms with Crippen molar-refractivity contribution in [3.63, 3.8) is 0 Å². The van der Waals surface area contributed by atoms with Crippen LogP contribution in [-0.2, 0) is 0 Å². The number of benzene rings is 1. The average molecular weight is 289 g/mol. The van der Waals surface area contributed by atoms with Gasteiger partial charge in [0.05, 0.1) is 20.2 Å². The van der Waals surface area contributed by atoms with Crippen LogP contribution >= 0.6 is 0 Å². The molecule has 0 unspecified atom stereocenters. The molecule has 0 saturated carbocycles. The van der Waals surface area contributed by atoms with E-state index in [0.29, 0.717) is 11.3 Å². The zero-order valence-electron chi connectivity index (χ0n) is 11.7. The van der Waals surface area contributed by atoms with E-state index in [4.69, 9.17) is 4.74 Å². The number of ketones is 1. The van der Waals surface area contributed by atoms with Crippen LogP contribution in [0.2, 0.25) is 0 Å². The lowest BCUT2D eigenvalue weighted by Gasteiger charge is -2.26. The third-order valence-electron chi connectivity index (χ3n) is 2.87. The predicted molar refractivity (Wildman–Crippen MR) is 70.1 cm³/mol. The van der Waals surface area contributed by atoms with Crippen molar-refractivity contribution in [3.8, 4) is 5.75 Å². The Hall–Kier alpha value is -1.56. The second kappa shape index (κ2) is 6.74. The van der Waals surface area contributed by atoms with Crippen molar-refractivity contribution in [2.45, 2.75) is 26.1 Å². The predicted octanol–water partition coefficient (Wildman–Crippen LogP) is 3.15. The Morgan fingerprint density at radius 1 is 1.25 bits per heavy atom. The fourth-order valence-electron chi connectivity index (χ4n) is 1.70. The van der Waals surface area contributed by atoms with E-state index in [0.717, 1.165) is 4.90 Å². The molecule has 0 N–H and O–H groups in total. The summed E-state index contributed by atoms with van der Waals surface area (Å²) in [6, 6.07) is 5.95. The average Bonchev–Trinajstić information content (AvgIpc) is 2.36. The second-order valence-electron chi connectivity index (χ2n) is 4.77. The van der Waals surface area contributed by atoms with Crippen molar-refractivity contribution in [2.75, 3.05) is 20.2 Å². The lowest BCUT2D eigenvalue weighted by Crippen LogP contribution is -2.42. The fourth-order valence-corrected chi connectivity index (χ4v) is 1.70. The highest BCUT2D eigenvalue weighted by Crippen LogP contribution is 2.19. The summed E-state index contributed by atoms with van der Waals surface area (Å²) in [4.78, 5) is 13.1. The molecule has 0 amide bonds. The van der Waals surface area contributed by atoms with Gasteiger partial charge in [-0.05, 0) is 38.1 Å². The number of hydrogen-bond donors (Lipinski definition) is 0. The van der Waals surface area contributed by atoms with E-state index in [1.54, 1.807) is 38.1 Å². The fraction of sp³-hybridized carbons (Fsp3) is 0.500. The molecular weight excluding hydrogens is 271 g/mol. The zero-order chi connectivity index (χ0) is 15.3. The maximum Gasteiger partial charge on any atom is 0.401 e. The minimum absolute atomic E-state index is 0.260. The number of methoxy groups -OCH3 is 1.